The van der Waals surface area contributed by atoms with Crippen molar-refractivity contribution >= 4 is 29.3 Å². The first-order valence-corrected chi connectivity index (χ1v) is 12.6. The quantitative estimate of drug-likeness (QED) is 0.658. The fraction of sp³-hybridized carbons (Fsp3) is 0.542. The van der Waals surface area contributed by atoms with E-state index in [0.29, 0.717) is 6.61 Å². The highest BCUT2D eigenvalue weighted by Crippen LogP contribution is 2.32. The molecule has 1 saturated heterocycles. The van der Waals surface area contributed by atoms with Gasteiger partial charge in [0.15, 0.2) is 5.82 Å². The minimum Gasteiger partial charge on any atom is -0.377 e. The number of thioether (sulfide) groups is 1. The number of hydrogen-bond acceptors (Lipinski definition) is 6. The number of carbonyl (C=O) groups is 1. The number of benzene rings is 1. The van der Waals surface area contributed by atoms with E-state index in [1.54, 1.807) is 7.05 Å². The van der Waals surface area contributed by atoms with E-state index in [2.05, 4.69) is 28.5 Å². The average molecular weight is 456 g/mol. The van der Waals surface area contributed by atoms with Crippen LogP contribution in [-0.4, -0.2) is 54.1 Å². The van der Waals surface area contributed by atoms with E-state index in [4.69, 9.17) is 14.7 Å². The SMILES string of the molecule is CNC(=O)Nc1ccc(-c2nc(CSC3CCCCC3)cc(N3CCOC[C@@H]3C)n2)cc1. The number of anilines is 2. The predicted octanol–water partition coefficient (Wildman–Crippen LogP) is 4.69. The lowest BCUT2D eigenvalue weighted by atomic mass is 10.0. The zero-order valence-corrected chi connectivity index (χ0v) is 19.8. The van der Waals surface area contributed by atoms with Crippen molar-refractivity contribution in [2.45, 2.75) is 56.1 Å². The molecule has 2 aliphatic rings. The van der Waals surface area contributed by atoms with Crippen LogP contribution >= 0.6 is 11.8 Å². The third kappa shape index (κ3) is 5.92. The smallest absolute Gasteiger partial charge is 0.318 e. The number of hydrogen-bond donors (Lipinski definition) is 2. The van der Waals surface area contributed by atoms with Crippen LogP contribution in [0.25, 0.3) is 11.4 Å². The Morgan fingerprint density at radius 2 is 1.97 bits per heavy atom. The summed E-state index contributed by atoms with van der Waals surface area (Å²) < 4.78 is 5.63. The molecule has 32 heavy (non-hydrogen) atoms. The predicted molar refractivity (Wildman–Crippen MR) is 131 cm³/mol. The Balaban J connectivity index is 1.58. The molecule has 1 aliphatic carbocycles. The number of amides is 2. The standard InChI is InChI=1S/C24H33N5O2S/c1-17-15-31-13-12-29(17)22-14-20(16-32-21-6-4-3-5-7-21)26-23(28-22)18-8-10-19(11-9-18)27-24(30)25-2/h8-11,14,17,21H,3-7,12-13,15-16H2,1-2H3,(H2,25,27,30)/t17-/m0/s1. The van der Waals surface area contributed by atoms with E-state index in [1.165, 1.54) is 32.1 Å². The van der Waals surface area contributed by atoms with Gasteiger partial charge in [0.1, 0.15) is 5.82 Å². The first-order chi connectivity index (χ1) is 15.6. The fourth-order valence-corrected chi connectivity index (χ4v) is 5.45. The molecule has 7 nitrogen and oxygen atoms in total. The van der Waals surface area contributed by atoms with E-state index in [1.807, 2.05) is 36.0 Å². The highest BCUT2D eigenvalue weighted by atomic mass is 32.2. The van der Waals surface area contributed by atoms with Gasteiger partial charge in [-0.3, -0.25) is 0 Å². The summed E-state index contributed by atoms with van der Waals surface area (Å²) in [7, 11) is 1.60. The lowest BCUT2D eigenvalue weighted by Gasteiger charge is -2.34. The summed E-state index contributed by atoms with van der Waals surface area (Å²) in [4.78, 5) is 23.7. The molecule has 0 unspecified atom stereocenters. The lowest BCUT2D eigenvalue weighted by molar-refractivity contribution is 0.0985. The van der Waals surface area contributed by atoms with Crippen LogP contribution in [0, 0.1) is 0 Å². The average Bonchev–Trinajstić information content (AvgIpc) is 2.84. The van der Waals surface area contributed by atoms with Crippen molar-refractivity contribution < 1.29 is 9.53 Å². The third-order valence-electron chi connectivity index (χ3n) is 6.07. The molecule has 172 valence electrons. The van der Waals surface area contributed by atoms with E-state index in [-0.39, 0.29) is 12.1 Å². The molecule has 4 rings (SSSR count). The van der Waals surface area contributed by atoms with Crippen LogP contribution in [0.15, 0.2) is 30.3 Å². The van der Waals surface area contributed by atoms with E-state index in [9.17, 15) is 4.79 Å². The molecule has 1 aromatic heterocycles. The van der Waals surface area contributed by atoms with Crippen LogP contribution < -0.4 is 15.5 Å². The van der Waals surface area contributed by atoms with Gasteiger partial charge in [-0.2, -0.15) is 11.8 Å². The van der Waals surface area contributed by atoms with Crippen LogP contribution in [0.4, 0.5) is 16.3 Å². The maximum atomic E-state index is 11.6. The number of carbonyl (C=O) groups excluding carboxylic acids is 1. The molecule has 1 saturated carbocycles. The Bertz CT molecular complexity index is 902. The highest BCUT2D eigenvalue weighted by Gasteiger charge is 2.22. The topological polar surface area (TPSA) is 79.4 Å². The number of ether oxygens (including phenoxy) is 1. The molecular formula is C24H33N5O2S. The summed E-state index contributed by atoms with van der Waals surface area (Å²) >= 11 is 2.03. The Labute approximate surface area is 194 Å². The first kappa shape index (κ1) is 22.9. The van der Waals surface area contributed by atoms with E-state index < -0.39 is 0 Å². The largest absolute Gasteiger partial charge is 0.377 e. The molecular weight excluding hydrogens is 422 g/mol. The van der Waals surface area contributed by atoms with Crippen molar-refractivity contribution in [1.29, 1.82) is 0 Å². The molecule has 8 heteroatoms. The van der Waals surface area contributed by atoms with E-state index in [0.717, 1.165) is 52.7 Å². The van der Waals surface area contributed by atoms with Crippen LogP contribution in [0.3, 0.4) is 0 Å². The second-order valence-corrected chi connectivity index (χ2v) is 9.80. The molecule has 1 aromatic carbocycles. The molecule has 2 fully saturated rings. The van der Waals surface area contributed by atoms with Gasteiger partial charge >= 0.3 is 6.03 Å². The van der Waals surface area contributed by atoms with Gasteiger partial charge in [0, 0.05) is 41.9 Å². The molecule has 2 aromatic rings. The second-order valence-electron chi connectivity index (χ2n) is 8.51. The van der Waals surface area contributed by atoms with Gasteiger partial charge in [-0.15, -0.1) is 0 Å². The van der Waals surface area contributed by atoms with Crippen LogP contribution in [-0.2, 0) is 10.5 Å². The number of aromatic nitrogens is 2. The Morgan fingerprint density at radius 1 is 1.19 bits per heavy atom. The summed E-state index contributed by atoms with van der Waals surface area (Å²) in [5, 5.41) is 6.09. The number of rotatable bonds is 6. The van der Waals surface area contributed by atoms with E-state index >= 15 is 0 Å². The summed E-state index contributed by atoms with van der Waals surface area (Å²) in [5.41, 5.74) is 2.75. The number of urea groups is 1. The van der Waals surface area contributed by atoms with Crippen molar-refractivity contribution in [2.75, 3.05) is 37.0 Å². The highest BCUT2D eigenvalue weighted by molar-refractivity contribution is 7.99. The van der Waals surface area contributed by atoms with Crippen LogP contribution in [0.2, 0.25) is 0 Å². The maximum absolute atomic E-state index is 11.6. The molecule has 2 amide bonds. The van der Waals surface area contributed by atoms with Gasteiger partial charge in [-0.1, -0.05) is 19.3 Å². The Hall–Kier alpha value is -2.32. The van der Waals surface area contributed by atoms with Gasteiger partial charge in [0.2, 0.25) is 0 Å². The van der Waals surface area contributed by atoms with Gasteiger partial charge in [0.25, 0.3) is 0 Å². The van der Waals surface area contributed by atoms with Gasteiger partial charge in [-0.25, -0.2) is 14.8 Å². The first-order valence-electron chi connectivity index (χ1n) is 11.6. The molecule has 0 radical (unpaired) electrons. The van der Waals surface area contributed by atoms with Crippen molar-refractivity contribution in [1.82, 2.24) is 15.3 Å². The summed E-state index contributed by atoms with van der Waals surface area (Å²) in [6.45, 7) is 4.44. The molecule has 2 N–H and O–H groups in total. The van der Waals surface area contributed by atoms with Gasteiger partial charge < -0.3 is 20.3 Å². The summed E-state index contributed by atoms with van der Waals surface area (Å²) in [5.74, 6) is 2.60. The zero-order valence-electron chi connectivity index (χ0n) is 19.0. The van der Waals surface area contributed by atoms with Crippen LogP contribution in [0.5, 0.6) is 0 Å². The van der Waals surface area contributed by atoms with Gasteiger partial charge in [0.05, 0.1) is 24.9 Å². The molecule has 1 atom stereocenters. The van der Waals surface area contributed by atoms with Crippen LogP contribution in [0.1, 0.15) is 44.7 Å². The van der Waals surface area contributed by atoms with Crippen molar-refractivity contribution in [2.24, 2.45) is 0 Å². The van der Waals surface area contributed by atoms with Gasteiger partial charge in [-0.05, 0) is 44.0 Å². The third-order valence-corrected chi connectivity index (χ3v) is 7.48. The Morgan fingerprint density at radius 3 is 2.69 bits per heavy atom. The molecule has 1 aliphatic heterocycles. The monoisotopic (exact) mass is 455 g/mol. The van der Waals surface area contributed by atoms with Crippen molar-refractivity contribution in [3.63, 3.8) is 0 Å². The minimum atomic E-state index is -0.237. The van der Waals surface area contributed by atoms with Crippen molar-refractivity contribution in [3.05, 3.63) is 36.0 Å². The molecule has 0 spiro atoms. The zero-order chi connectivity index (χ0) is 22.3. The fourth-order valence-electron chi connectivity index (χ4n) is 4.23. The molecule has 2 heterocycles. The normalized spacial score (nSPS) is 19.6. The number of nitrogens with zero attached hydrogens (tertiary/aromatic N) is 3. The second kappa shape index (κ2) is 11.0. The summed E-state index contributed by atoms with van der Waals surface area (Å²) in [6.07, 6.45) is 6.70. The lowest BCUT2D eigenvalue weighted by Crippen LogP contribution is -2.44. The summed E-state index contributed by atoms with van der Waals surface area (Å²) in [6, 6.07) is 9.89. The maximum Gasteiger partial charge on any atom is 0.318 e. The molecule has 0 bridgehead atoms. The number of nitrogens with one attached hydrogen (secondary N) is 2. The van der Waals surface area contributed by atoms with Crippen molar-refractivity contribution in [3.8, 4) is 11.4 Å². The number of morpholine rings is 1. The Kier molecular flexibility index (Phi) is 7.86. The minimum absolute atomic E-state index is 0.237.